The molecule has 19 heavy (non-hydrogen) atoms. The lowest BCUT2D eigenvalue weighted by atomic mass is 10.2. The first-order valence-corrected chi connectivity index (χ1v) is 7.68. The number of carbonyl (C=O) groups is 1. The van der Waals surface area contributed by atoms with Gasteiger partial charge in [-0.05, 0) is 31.9 Å². The summed E-state index contributed by atoms with van der Waals surface area (Å²) in [6.45, 7) is 2.04. The standard InChI is InChI=1S/C12H16N2O4S/c1-2-18-12(15)8-10-7-9(5-6-13-10)14-19(16,17)11-3-4-11/h5-7,11H,2-4,8H2,1H3,(H,13,14). The van der Waals surface area contributed by atoms with E-state index in [-0.39, 0.29) is 17.6 Å². The Morgan fingerprint density at radius 3 is 2.89 bits per heavy atom. The average molecular weight is 284 g/mol. The molecule has 0 amide bonds. The molecule has 1 aliphatic carbocycles. The molecular weight excluding hydrogens is 268 g/mol. The number of sulfonamides is 1. The second kappa shape index (κ2) is 5.56. The van der Waals surface area contributed by atoms with E-state index in [2.05, 4.69) is 9.71 Å². The van der Waals surface area contributed by atoms with Crippen molar-refractivity contribution in [2.45, 2.75) is 31.4 Å². The van der Waals surface area contributed by atoms with E-state index in [0.717, 1.165) is 0 Å². The SMILES string of the molecule is CCOC(=O)Cc1cc(NS(=O)(=O)C2CC2)ccn1. The van der Waals surface area contributed by atoms with Crippen molar-refractivity contribution in [2.24, 2.45) is 0 Å². The molecule has 0 aromatic carbocycles. The molecule has 0 unspecified atom stereocenters. The molecule has 0 radical (unpaired) electrons. The van der Waals surface area contributed by atoms with Gasteiger partial charge in [-0.2, -0.15) is 0 Å². The summed E-state index contributed by atoms with van der Waals surface area (Å²) in [5, 5.41) is -0.283. The molecule has 1 fully saturated rings. The van der Waals surface area contributed by atoms with Crippen LogP contribution in [0, 0.1) is 0 Å². The van der Waals surface area contributed by atoms with Crippen LogP contribution in [0.4, 0.5) is 5.69 Å². The van der Waals surface area contributed by atoms with Crippen LogP contribution in [0.25, 0.3) is 0 Å². The molecule has 1 aliphatic rings. The number of rotatable bonds is 6. The Labute approximate surface area is 112 Å². The summed E-state index contributed by atoms with van der Waals surface area (Å²) in [6.07, 6.45) is 2.92. The summed E-state index contributed by atoms with van der Waals surface area (Å²) < 4.78 is 30.9. The first-order chi connectivity index (χ1) is 9.01. The van der Waals surface area contributed by atoms with Crippen molar-refractivity contribution in [3.05, 3.63) is 24.0 Å². The summed E-state index contributed by atoms with van der Waals surface area (Å²) in [5.74, 6) is -0.378. The van der Waals surface area contributed by atoms with Crippen LogP contribution in [0.3, 0.4) is 0 Å². The van der Waals surface area contributed by atoms with Crippen molar-refractivity contribution < 1.29 is 17.9 Å². The van der Waals surface area contributed by atoms with E-state index >= 15 is 0 Å². The monoisotopic (exact) mass is 284 g/mol. The fourth-order valence-corrected chi connectivity index (χ4v) is 3.00. The molecule has 1 aromatic heterocycles. The summed E-state index contributed by atoms with van der Waals surface area (Å²) in [4.78, 5) is 15.3. The number of hydrogen-bond acceptors (Lipinski definition) is 5. The molecule has 6 nitrogen and oxygen atoms in total. The van der Waals surface area contributed by atoms with Gasteiger partial charge in [-0.25, -0.2) is 8.42 Å². The summed E-state index contributed by atoms with van der Waals surface area (Å²) in [5.41, 5.74) is 0.913. The number of hydrogen-bond donors (Lipinski definition) is 1. The highest BCUT2D eigenvalue weighted by Gasteiger charge is 2.35. The lowest BCUT2D eigenvalue weighted by Crippen LogP contribution is -2.17. The maximum atomic E-state index is 11.8. The molecule has 0 bridgehead atoms. The van der Waals surface area contributed by atoms with Crippen LogP contribution < -0.4 is 4.72 Å². The van der Waals surface area contributed by atoms with Gasteiger partial charge in [0.15, 0.2) is 0 Å². The second-order valence-electron chi connectivity index (χ2n) is 4.36. The molecular formula is C12H16N2O4S. The van der Waals surface area contributed by atoms with Crippen LogP contribution in [0.2, 0.25) is 0 Å². The van der Waals surface area contributed by atoms with Gasteiger partial charge in [0, 0.05) is 6.20 Å². The van der Waals surface area contributed by atoms with Crippen molar-refractivity contribution in [1.29, 1.82) is 0 Å². The van der Waals surface area contributed by atoms with Crippen LogP contribution in [-0.4, -0.2) is 31.2 Å². The van der Waals surface area contributed by atoms with Gasteiger partial charge in [0.1, 0.15) is 0 Å². The maximum Gasteiger partial charge on any atom is 0.311 e. The number of nitrogens with one attached hydrogen (secondary N) is 1. The van der Waals surface area contributed by atoms with E-state index in [1.165, 1.54) is 6.20 Å². The molecule has 0 saturated heterocycles. The molecule has 7 heteroatoms. The zero-order chi connectivity index (χ0) is 13.9. The Bertz CT molecular complexity index is 567. The van der Waals surface area contributed by atoms with Gasteiger partial charge in [-0.15, -0.1) is 0 Å². The van der Waals surface area contributed by atoms with E-state index in [0.29, 0.717) is 30.8 Å². The summed E-state index contributed by atoms with van der Waals surface area (Å²) in [6, 6.07) is 3.12. The number of pyridine rings is 1. The molecule has 0 atom stereocenters. The van der Waals surface area contributed by atoms with Gasteiger partial charge >= 0.3 is 5.97 Å². The third-order valence-corrected chi connectivity index (χ3v) is 4.54. The maximum absolute atomic E-state index is 11.8. The number of carbonyl (C=O) groups excluding carboxylic acids is 1. The van der Waals surface area contributed by atoms with Crippen LogP contribution >= 0.6 is 0 Å². The number of aromatic nitrogens is 1. The van der Waals surface area contributed by atoms with Crippen molar-refractivity contribution >= 4 is 21.7 Å². The largest absolute Gasteiger partial charge is 0.466 e. The average Bonchev–Trinajstić information content (AvgIpc) is 3.12. The normalized spacial score (nSPS) is 15.0. The third kappa shape index (κ3) is 3.92. The third-order valence-electron chi connectivity index (χ3n) is 2.67. The first-order valence-electron chi connectivity index (χ1n) is 6.13. The van der Waals surface area contributed by atoms with Gasteiger partial charge < -0.3 is 4.74 Å². The zero-order valence-electron chi connectivity index (χ0n) is 10.6. The number of nitrogens with zero attached hydrogens (tertiary/aromatic N) is 1. The minimum atomic E-state index is -3.29. The van der Waals surface area contributed by atoms with Crippen LogP contribution in [0.1, 0.15) is 25.5 Å². The fourth-order valence-electron chi connectivity index (χ4n) is 1.62. The first kappa shape index (κ1) is 13.8. The highest BCUT2D eigenvalue weighted by Crippen LogP contribution is 2.29. The molecule has 1 saturated carbocycles. The van der Waals surface area contributed by atoms with E-state index in [1.54, 1.807) is 19.1 Å². The molecule has 1 N–H and O–H groups in total. The lowest BCUT2D eigenvalue weighted by molar-refractivity contribution is -0.142. The van der Waals surface area contributed by atoms with Crippen LogP contribution in [-0.2, 0) is 26.0 Å². The molecule has 0 spiro atoms. The highest BCUT2D eigenvalue weighted by molar-refractivity contribution is 7.93. The Kier molecular flexibility index (Phi) is 4.04. The highest BCUT2D eigenvalue weighted by atomic mass is 32.2. The Hall–Kier alpha value is -1.63. The Balaban J connectivity index is 2.04. The van der Waals surface area contributed by atoms with E-state index < -0.39 is 10.0 Å². The molecule has 1 aromatic rings. The number of anilines is 1. The van der Waals surface area contributed by atoms with E-state index in [1.807, 2.05) is 0 Å². The van der Waals surface area contributed by atoms with Gasteiger partial charge in [0.05, 0.1) is 29.7 Å². The molecule has 0 aliphatic heterocycles. The predicted octanol–water partition coefficient (Wildman–Crippen LogP) is 1.09. The minimum Gasteiger partial charge on any atom is -0.466 e. The van der Waals surface area contributed by atoms with Crippen LogP contribution in [0.15, 0.2) is 18.3 Å². The summed E-state index contributed by atoms with van der Waals surface area (Å²) >= 11 is 0. The van der Waals surface area contributed by atoms with Gasteiger partial charge in [-0.1, -0.05) is 0 Å². The van der Waals surface area contributed by atoms with Crippen molar-refractivity contribution in [3.63, 3.8) is 0 Å². The second-order valence-corrected chi connectivity index (χ2v) is 6.32. The molecule has 2 rings (SSSR count). The Morgan fingerprint density at radius 1 is 1.53 bits per heavy atom. The number of ether oxygens (including phenoxy) is 1. The fraction of sp³-hybridized carbons (Fsp3) is 0.500. The van der Waals surface area contributed by atoms with Crippen molar-refractivity contribution in [3.8, 4) is 0 Å². The summed E-state index contributed by atoms with van der Waals surface area (Å²) in [7, 11) is -3.29. The topological polar surface area (TPSA) is 85.4 Å². The predicted molar refractivity (Wildman–Crippen MR) is 70.1 cm³/mol. The Morgan fingerprint density at radius 2 is 2.26 bits per heavy atom. The molecule has 1 heterocycles. The van der Waals surface area contributed by atoms with Gasteiger partial charge in [-0.3, -0.25) is 14.5 Å². The smallest absolute Gasteiger partial charge is 0.311 e. The number of esters is 1. The molecule has 104 valence electrons. The van der Waals surface area contributed by atoms with Crippen LogP contribution in [0.5, 0.6) is 0 Å². The van der Waals surface area contributed by atoms with E-state index in [4.69, 9.17) is 4.74 Å². The van der Waals surface area contributed by atoms with Gasteiger partial charge in [0.25, 0.3) is 0 Å². The lowest BCUT2D eigenvalue weighted by Gasteiger charge is -2.08. The quantitative estimate of drug-likeness (QED) is 0.790. The van der Waals surface area contributed by atoms with Crippen molar-refractivity contribution in [2.75, 3.05) is 11.3 Å². The minimum absolute atomic E-state index is 0.0346. The van der Waals surface area contributed by atoms with Crippen molar-refractivity contribution in [1.82, 2.24) is 4.98 Å². The van der Waals surface area contributed by atoms with E-state index in [9.17, 15) is 13.2 Å². The zero-order valence-corrected chi connectivity index (χ0v) is 11.4. The van der Waals surface area contributed by atoms with Gasteiger partial charge in [0.2, 0.25) is 10.0 Å².